The fourth-order valence-electron chi connectivity index (χ4n) is 5.35. The first-order valence-electron chi connectivity index (χ1n) is 13.3. The van der Waals surface area contributed by atoms with Crippen molar-refractivity contribution in [2.45, 2.75) is 50.8 Å². The van der Waals surface area contributed by atoms with Crippen molar-refractivity contribution in [2.24, 2.45) is 0 Å². The van der Waals surface area contributed by atoms with Crippen molar-refractivity contribution in [3.8, 4) is 22.8 Å². The Balaban J connectivity index is 1.32. The van der Waals surface area contributed by atoms with Crippen molar-refractivity contribution in [1.29, 1.82) is 0 Å². The lowest BCUT2D eigenvalue weighted by molar-refractivity contribution is 0.210. The second kappa shape index (κ2) is 10.9. The van der Waals surface area contributed by atoms with Crippen LogP contribution in [0.15, 0.2) is 89.5 Å². The van der Waals surface area contributed by atoms with E-state index >= 15 is 0 Å². The Morgan fingerprint density at radius 1 is 0.947 bits per heavy atom. The van der Waals surface area contributed by atoms with Crippen LogP contribution >= 0.6 is 12.2 Å². The number of aromatic nitrogens is 1. The van der Waals surface area contributed by atoms with Crippen molar-refractivity contribution in [2.75, 3.05) is 11.5 Å². The Kier molecular flexibility index (Phi) is 7.01. The van der Waals surface area contributed by atoms with Gasteiger partial charge < -0.3 is 24.1 Å². The lowest BCUT2D eigenvalue weighted by Gasteiger charge is -2.26. The minimum atomic E-state index is -0.213. The first-order chi connectivity index (χ1) is 18.7. The highest BCUT2D eigenvalue weighted by Crippen LogP contribution is 2.43. The van der Waals surface area contributed by atoms with E-state index in [2.05, 4.69) is 27.3 Å². The molecule has 2 atom stereocenters. The van der Waals surface area contributed by atoms with Gasteiger partial charge in [0.15, 0.2) is 5.11 Å². The van der Waals surface area contributed by atoms with E-state index in [1.54, 1.807) is 0 Å². The van der Waals surface area contributed by atoms with Gasteiger partial charge in [-0.2, -0.15) is 0 Å². The molecule has 1 aliphatic heterocycles. The van der Waals surface area contributed by atoms with Crippen molar-refractivity contribution in [3.05, 3.63) is 96.5 Å². The summed E-state index contributed by atoms with van der Waals surface area (Å²) in [5.74, 6) is 3.34. The molecule has 1 aliphatic carbocycles. The molecule has 6 rings (SSSR count). The average molecular weight is 526 g/mol. The molecular formula is C31H31N3O3S. The zero-order valence-electron chi connectivity index (χ0n) is 21.4. The highest BCUT2D eigenvalue weighted by molar-refractivity contribution is 7.80. The van der Waals surface area contributed by atoms with Crippen LogP contribution in [0.3, 0.4) is 0 Å². The van der Waals surface area contributed by atoms with E-state index in [0.29, 0.717) is 17.8 Å². The van der Waals surface area contributed by atoms with Gasteiger partial charge in [0.05, 0.1) is 24.4 Å². The molecule has 2 aromatic heterocycles. The molecule has 4 aromatic rings. The lowest BCUT2D eigenvalue weighted by atomic mass is 10.0. The third-order valence-electron chi connectivity index (χ3n) is 7.19. The maximum absolute atomic E-state index is 6.48. The van der Waals surface area contributed by atoms with Crippen LogP contribution in [0.2, 0.25) is 0 Å². The average Bonchev–Trinajstić information content (AvgIpc) is 3.71. The van der Waals surface area contributed by atoms with Crippen molar-refractivity contribution in [3.63, 3.8) is 0 Å². The molecule has 2 aromatic carbocycles. The number of thiocarbonyl (C=S) groups is 1. The van der Waals surface area contributed by atoms with Gasteiger partial charge in [0.2, 0.25) is 0 Å². The van der Waals surface area contributed by atoms with Gasteiger partial charge in [-0.05, 0) is 118 Å². The molecule has 0 bridgehead atoms. The number of nitrogens with zero attached hydrogens (tertiary/aromatic N) is 2. The van der Waals surface area contributed by atoms with E-state index in [1.165, 1.54) is 12.8 Å². The van der Waals surface area contributed by atoms with Crippen LogP contribution in [0.25, 0.3) is 11.3 Å². The lowest BCUT2D eigenvalue weighted by Crippen LogP contribution is -2.29. The predicted octanol–water partition coefficient (Wildman–Crippen LogP) is 7.24. The maximum atomic E-state index is 6.48. The minimum absolute atomic E-state index is 0.169. The summed E-state index contributed by atoms with van der Waals surface area (Å²) < 4.78 is 18.3. The summed E-state index contributed by atoms with van der Waals surface area (Å²) in [6.45, 7) is 2.62. The maximum Gasteiger partial charge on any atom is 0.174 e. The highest BCUT2D eigenvalue weighted by atomic mass is 32.1. The Bertz CT molecular complexity index is 1370. The molecule has 6 nitrogen and oxygen atoms in total. The second-order valence-electron chi connectivity index (χ2n) is 9.67. The molecule has 1 saturated carbocycles. The molecule has 2 unspecified atom stereocenters. The quantitative estimate of drug-likeness (QED) is 0.243. The van der Waals surface area contributed by atoms with Gasteiger partial charge in [0.1, 0.15) is 29.1 Å². The summed E-state index contributed by atoms with van der Waals surface area (Å²) in [7, 11) is 0. The van der Waals surface area contributed by atoms with Crippen LogP contribution in [0, 0.1) is 0 Å². The van der Waals surface area contributed by atoms with Crippen LogP contribution in [0.5, 0.6) is 11.5 Å². The third kappa shape index (κ3) is 4.98. The Morgan fingerprint density at radius 2 is 1.71 bits per heavy atom. The fourth-order valence-corrected chi connectivity index (χ4v) is 5.70. The number of ether oxygens (including phenoxy) is 2. The SMILES string of the molecule is CCOc1ccc(-c2ccc(C3C(c4ccccn4)NC(=S)N3c3ccc(OC4CCCC4)cc3)o2)cc1. The zero-order valence-corrected chi connectivity index (χ0v) is 22.2. The number of anilines is 1. The van der Waals surface area contributed by atoms with Crippen LogP contribution < -0.4 is 19.7 Å². The normalized spacial score (nSPS) is 19.5. The molecule has 1 N–H and O–H groups in total. The van der Waals surface area contributed by atoms with Crippen molar-refractivity contribution >= 4 is 23.0 Å². The van der Waals surface area contributed by atoms with E-state index in [4.69, 9.17) is 26.1 Å². The number of pyridine rings is 1. The van der Waals surface area contributed by atoms with Gasteiger partial charge in [0, 0.05) is 17.4 Å². The van der Waals surface area contributed by atoms with E-state index in [9.17, 15) is 0 Å². The Labute approximate surface area is 228 Å². The summed E-state index contributed by atoms with van der Waals surface area (Å²) in [6, 6.07) is 25.8. The number of furan rings is 1. The molecule has 0 spiro atoms. The fraction of sp³-hybridized carbons (Fsp3) is 0.290. The van der Waals surface area contributed by atoms with Gasteiger partial charge in [-0.1, -0.05) is 6.07 Å². The third-order valence-corrected chi connectivity index (χ3v) is 7.50. The molecule has 1 saturated heterocycles. The Hall–Kier alpha value is -3.84. The molecule has 2 aliphatic rings. The Morgan fingerprint density at radius 3 is 2.42 bits per heavy atom. The summed E-state index contributed by atoms with van der Waals surface area (Å²) in [6.07, 6.45) is 6.88. The molecule has 194 valence electrons. The number of rotatable bonds is 8. The van der Waals surface area contributed by atoms with Crippen molar-refractivity contribution < 1.29 is 13.9 Å². The predicted molar refractivity (Wildman–Crippen MR) is 153 cm³/mol. The molecule has 0 radical (unpaired) electrons. The first kappa shape index (κ1) is 24.5. The van der Waals surface area contributed by atoms with E-state index in [1.807, 2.05) is 79.9 Å². The van der Waals surface area contributed by atoms with Crippen LogP contribution in [-0.2, 0) is 0 Å². The first-order valence-corrected chi connectivity index (χ1v) is 13.7. The van der Waals surface area contributed by atoms with E-state index in [0.717, 1.165) is 52.8 Å². The smallest absolute Gasteiger partial charge is 0.174 e. The van der Waals surface area contributed by atoms with Gasteiger partial charge >= 0.3 is 0 Å². The number of benzene rings is 2. The molecular weight excluding hydrogens is 494 g/mol. The summed E-state index contributed by atoms with van der Waals surface area (Å²) in [4.78, 5) is 6.76. The monoisotopic (exact) mass is 525 g/mol. The summed E-state index contributed by atoms with van der Waals surface area (Å²) in [5.41, 5.74) is 2.87. The van der Waals surface area contributed by atoms with Crippen molar-refractivity contribution in [1.82, 2.24) is 10.3 Å². The summed E-state index contributed by atoms with van der Waals surface area (Å²) in [5, 5.41) is 4.13. The van der Waals surface area contributed by atoms with E-state index in [-0.39, 0.29) is 12.1 Å². The zero-order chi connectivity index (χ0) is 25.9. The molecule has 3 heterocycles. The van der Waals surface area contributed by atoms with Gasteiger partial charge in [-0.15, -0.1) is 0 Å². The highest BCUT2D eigenvalue weighted by Gasteiger charge is 2.42. The number of hydrogen-bond donors (Lipinski definition) is 1. The standard InChI is InChI=1S/C31H31N3O3S/c1-2-35-23-14-10-21(11-15-23)27-18-19-28(37-27)30-29(26-9-5-6-20-32-26)33-31(38)34(30)22-12-16-25(17-13-22)36-24-7-3-4-8-24/h5-6,9-20,24,29-30H,2-4,7-8H2,1H3,(H,33,38). The largest absolute Gasteiger partial charge is 0.494 e. The molecule has 0 amide bonds. The van der Waals surface area contributed by atoms with Gasteiger partial charge in [0.25, 0.3) is 0 Å². The molecule has 2 fully saturated rings. The van der Waals surface area contributed by atoms with Crippen LogP contribution in [0.1, 0.15) is 56.1 Å². The number of nitrogens with one attached hydrogen (secondary N) is 1. The van der Waals surface area contributed by atoms with E-state index < -0.39 is 0 Å². The topological polar surface area (TPSA) is 59.8 Å². The van der Waals surface area contributed by atoms with Gasteiger partial charge in [-0.3, -0.25) is 4.98 Å². The van der Waals surface area contributed by atoms with Gasteiger partial charge in [-0.25, -0.2) is 0 Å². The number of hydrogen-bond acceptors (Lipinski definition) is 5. The molecule has 7 heteroatoms. The second-order valence-corrected chi connectivity index (χ2v) is 10.1. The minimum Gasteiger partial charge on any atom is -0.494 e. The molecule has 38 heavy (non-hydrogen) atoms. The van der Waals surface area contributed by atoms with Crippen LogP contribution in [-0.4, -0.2) is 22.8 Å². The summed E-state index contributed by atoms with van der Waals surface area (Å²) >= 11 is 5.86. The van der Waals surface area contributed by atoms with Crippen LogP contribution in [0.4, 0.5) is 5.69 Å².